The predicted molar refractivity (Wildman–Crippen MR) is 123 cm³/mol. The Kier molecular flexibility index (Phi) is 7.24. The monoisotopic (exact) mass is 492 g/mol. The van der Waals surface area contributed by atoms with Crippen molar-refractivity contribution >= 4 is 12.3 Å². The zero-order valence-corrected chi connectivity index (χ0v) is 20.0. The van der Waals surface area contributed by atoms with Crippen LogP contribution in [0.25, 0.3) is 5.69 Å². The molecule has 3 aliphatic rings. The highest BCUT2D eigenvalue weighted by atomic mass is 19.4. The first-order valence-electron chi connectivity index (χ1n) is 12.2. The van der Waals surface area contributed by atoms with Crippen molar-refractivity contribution in [1.82, 2.24) is 9.36 Å². The SMILES string of the molecule is COC(=O)C(C=O)C1CCC1.Cn1c(C2CCC2)c(C2CC2)c(=O)n1-c1ccccc1C(F)(F)F. The summed E-state index contributed by atoms with van der Waals surface area (Å²) in [4.78, 5) is 34.4. The summed E-state index contributed by atoms with van der Waals surface area (Å²) in [7, 11) is 3.03. The molecule has 1 aromatic carbocycles. The van der Waals surface area contributed by atoms with Crippen LogP contribution in [0.5, 0.6) is 0 Å². The molecule has 9 heteroatoms. The Morgan fingerprint density at radius 3 is 2.14 bits per heavy atom. The van der Waals surface area contributed by atoms with Gasteiger partial charge in [-0.05, 0) is 62.5 Å². The van der Waals surface area contributed by atoms with E-state index < -0.39 is 17.7 Å². The van der Waals surface area contributed by atoms with Gasteiger partial charge < -0.3 is 9.53 Å². The maximum atomic E-state index is 13.4. The Bertz CT molecular complexity index is 1140. The summed E-state index contributed by atoms with van der Waals surface area (Å²) in [5.41, 5.74) is 0.573. The fourth-order valence-electron chi connectivity index (χ4n) is 5.03. The van der Waals surface area contributed by atoms with Gasteiger partial charge in [0.05, 0.1) is 18.4 Å². The molecule has 3 fully saturated rings. The molecule has 0 saturated heterocycles. The van der Waals surface area contributed by atoms with Crippen molar-refractivity contribution in [2.75, 3.05) is 7.11 Å². The van der Waals surface area contributed by atoms with E-state index >= 15 is 0 Å². The fourth-order valence-corrected chi connectivity index (χ4v) is 5.03. The highest BCUT2D eigenvalue weighted by Crippen LogP contribution is 2.46. The van der Waals surface area contributed by atoms with E-state index in [1.54, 1.807) is 17.8 Å². The van der Waals surface area contributed by atoms with E-state index in [0.717, 1.165) is 68.7 Å². The van der Waals surface area contributed by atoms with Gasteiger partial charge in [0.1, 0.15) is 12.2 Å². The molecule has 0 radical (unpaired) electrons. The molecule has 3 aliphatic carbocycles. The first-order valence-corrected chi connectivity index (χ1v) is 12.2. The van der Waals surface area contributed by atoms with Crippen LogP contribution in [-0.4, -0.2) is 28.7 Å². The maximum Gasteiger partial charge on any atom is 0.418 e. The third-order valence-corrected chi connectivity index (χ3v) is 7.54. The number of hydrogen-bond donors (Lipinski definition) is 0. The van der Waals surface area contributed by atoms with Crippen LogP contribution in [0.15, 0.2) is 29.1 Å². The number of benzene rings is 1. The average molecular weight is 493 g/mol. The number of hydrogen-bond acceptors (Lipinski definition) is 4. The third kappa shape index (κ3) is 4.95. The summed E-state index contributed by atoms with van der Waals surface area (Å²) in [6.07, 6.45) is 4.37. The van der Waals surface area contributed by atoms with Crippen molar-refractivity contribution in [3.63, 3.8) is 0 Å². The number of carbonyl (C=O) groups is 2. The van der Waals surface area contributed by atoms with Crippen molar-refractivity contribution in [2.24, 2.45) is 18.9 Å². The topological polar surface area (TPSA) is 70.3 Å². The van der Waals surface area contributed by atoms with Crippen molar-refractivity contribution in [3.8, 4) is 5.69 Å². The minimum atomic E-state index is -4.49. The van der Waals surface area contributed by atoms with Crippen LogP contribution in [0.1, 0.15) is 80.0 Å². The van der Waals surface area contributed by atoms with Crippen LogP contribution in [0, 0.1) is 11.8 Å². The lowest BCUT2D eigenvalue weighted by molar-refractivity contribution is -0.150. The molecule has 1 unspecified atom stereocenters. The summed E-state index contributed by atoms with van der Waals surface area (Å²) in [5, 5.41) is 0. The van der Waals surface area contributed by atoms with Gasteiger partial charge in [0, 0.05) is 24.2 Å². The first-order chi connectivity index (χ1) is 16.7. The molecule has 1 heterocycles. The number of carbonyl (C=O) groups excluding carboxylic acids is 2. The first kappa shape index (κ1) is 25.3. The van der Waals surface area contributed by atoms with Crippen molar-refractivity contribution in [2.45, 2.75) is 69.4 Å². The molecule has 1 atom stereocenters. The Labute approximate surface area is 202 Å². The summed E-state index contributed by atoms with van der Waals surface area (Å²) in [6, 6.07) is 5.32. The molecule has 0 amide bonds. The van der Waals surface area contributed by atoms with Gasteiger partial charge in [-0.15, -0.1) is 0 Å². The molecular formula is C26H31F3N2O4. The molecule has 6 nitrogen and oxygen atoms in total. The van der Waals surface area contributed by atoms with Crippen LogP contribution in [0.2, 0.25) is 0 Å². The van der Waals surface area contributed by atoms with E-state index in [1.165, 1.54) is 23.9 Å². The number of methoxy groups -OCH3 is 1. The normalized spacial score (nSPS) is 19.1. The Balaban J connectivity index is 0.000000221. The van der Waals surface area contributed by atoms with E-state index in [2.05, 4.69) is 4.74 Å². The molecule has 35 heavy (non-hydrogen) atoms. The van der Waals surface area contributed by atoms with Crippen LogP contribution >= 0.6 is 0 Å². The number of ether oxygens (including phenoxy) is 1. The van der Waals surface area contributed by atoms with Gasteiger partial charge in [-0.2, -0.15) is 13.2 Å². The molecule has 0 aliphatic heterocycles. The van der Waals surface area contributed by atoms with E-state index in [0.29, 0.717) is 12.2 Å². The Morgan fingerprint density at radius 2 is 1.69 bits per heavy atom. The molecule has 0 bridgehead atoms. The lowest BCUT2D eigenvalue weighted by atomic mass is 9.76. The summed E-state index contributed by atoms with van der Waals surface area (Å²) in [6.45, 7) is 0. The van der Waals surface area contributed by atoms with E-state index in [1.807, 2.05) is 0 Å². The van der Waals surface area contributed by atoms with Crippen LogP contribution in [0.3, 0.4) is 0 Å². The minimum Gasteiger partial charge on any atom is -0.468 e. The predicted octanol–water partition coefficient (Wildman–Crippen LogP) is 5.11. The molecular weight excluding hydrogens is 461 g/mol. The number of alkyl halides is 3. The van der Waals surface area contributed by atoms with E-state index in [4.69, 9.17) is 0 Å². The second-order valence-electron chi connectivity index (χ2n) is 9.73. The second kappa shape index (κ2) is 10.0. The largest absolute Gasteiger partial charge is 0.468 e. The number of aromatic nitrogens is 2. The lowest BCUT2D eigenvalue weighted by Gasteiger charge is -2.28. The highest BCUT2D eigenvalue weighted by Gasteiger charge is 2.39. The molecule has 0 N–H and O–H groups in total. The molecule has 1 aromatic heterocycles. The van der Waals surface area contributed by atoms with Gasteiger partial charge in [0.25, 0.3) is 5.56 Å². The van der Waals surface area contributed by atoms with Crippen LogP contribution < -0.4 is 5.56 Å². The molecule has 3 saturated carbocycles. The van der Waals surface area contributed by atoms with Gasteiger partial charge in [-0.1, -0.05) is 25.0 Å². The number of aldehydes is 1. The van der Waals surface area contributed by atoms with E-state index in [-0.39, 0.29) is 29.1 Å². The van der Waals surface area contributed by atoms with Crippen molar-refractivity contribution < 1.29 is 27.5 Å². The maximum absolute atomic E-state index is 13.4. The lowest BCUT2D eigenvalue weighted by Crippen LogP contribution is -2.30. The smallest absolute Gasteiger partial charge is 0.418 e. The second-order valence-corrected chi connectivity index (χ2v) is 9.73. The molecule has 0 spiro atoms. The molecule has 5 rings (SSSR count). The van der Waals surface area contributed by atoms with Gasteiger partial charge in [0.2, 0.25) is 0 Å². The minimum absolute atomic E-state index is 0.0787. The van der Waals surface area contributed by atoms with Crippen LogP contribution in [-0.2, 0) is 27.5 Å². The Hall–Kier alpha value is -2.84. The number of esters is 1. The van der Waals surface area contributed by atoms with Gasteiger partial charge in [-0.3, -0.25) is 14.3 Å². The zero-order chi connectivity index (χ0) is 25.3. The number of para-hydroxylation sites is 1. The quantitative estimate of drug-likeness (QED) is 0.319. The van der Waals surface area contributed by atoms with Gasteiger partial charge in [-0.25, -0.2) is 4.68 Å². The molecule has 2 aromatic rings. The van der Waals surface area contributed by atoms with Gasteiger partial charge in [0.15, 0.2) is 0 Å². The molecule has 190 valence electrons. The van der Waals surface area contributed by atoms with Gasteiger partial charge >= 0.3 is 12.1 Å². The van der Waals surface area contributed by atoms with Crippen molar-refractivity contribution in [1.29, 1.82) is 0 Å². The standard InChI is InChI=1S/C18H19F3N2O.C8H12O3/c1-22-16(12-5-4-6-12)15(11-9-10-11)17(24)23(22)14-8-3-2-7-13(14)18(19,20)21;1-11-8(10)7(5-9)6-3-2-4-6/h2-3,7-8,11-12H,4-6,9-10H2,1H3;5-7H,2-4H2,1H3. The van der Waals surface area contributed by atoms with E-state index in [9.17, 15) is 27.6 Å². The fraction of sp³-hybridized carbons (Fsp3) is 0.577. The summed E-state index contributed by atoms with van der Waals surface area (Å²) < 4.78 is 47.5. The van der Waals surface area contributed by atoms with Crippen LogP contribution in [0.4, 0.5) is 13.2 Å². The number of rotatable bonds is 6. The highest BCUT2D eigenvalue weighted by molar-refractivity contribution is 5.88. The average Bonchev–Trinajstić information content (AvgIpc) is 3.55. The number of halogens is 3. The zero-order valence-electron chi connectivity index (χ0n) is 20.0. The summed E-state index contributed by atoms with van der Waals surface area (Å²) in [5.74, 6) is -0.116. The Morgan fingerprint density at radius 1 is 1.06 bits per heavy atom. The summed E-state index contributed by atoms with van der Waals surface area (Å²) >= 11 is 0. The third-order valence-electron chi connectivity index (χ3n) is 7.54. The van der Waals surface area contributed by atoms with Crippen molar-refractivity contribution in [3.05, 3.63) is 51.4 Å². The number of nitrogens with zero attached hydrogens (tertiary/aromatic N) is 2.